The summed E-state index contributed by atoms with van der Waals surface area (Å²) < 4.78 is 5.99. The van der Waals surface area contributed by atoms with Crippen molar-refractivity contribution in [3.8, 4) is 5.75 Å². The lowest BCUT2D eigenvalue weighted by atomic mass is 9.53. The molecule has 148 valence electrons. The first-order valence-electron chi connectivity index (χ1n) is 10.5. The average molecular weight is 416 g/mol. The Balaban J connectivity index is 1.21. The van der Waals surface area contributed by atoms with E-state index < -0.39 is 0 Å². The van der Waals surface area contributed by atoms with Gasteiger partial charge in [0.2, 0.25) is 0 Å². The first-order chi connectivity index (χ1) is 13.6. The van der Waals surface area contributed by atoms with Crippen LogP contribution in [0.1, 0.15) is 49.7 Å². The molecule has 2 nitrogen and oxygen atoms in total. The van der Waals surface area contributed by atoms with E-state index in [0.29, 0.717) is 22.2 Å². The summed E-state index contributed by atoms with van der Waals surface area (Å²) in [5.41, 5.74) is 2.63. The van der Waals surface area contributed by atoms with Gasteiger partial charge in [0, 0.05) is 27.7 Å². The second-order valence-corrected chi connectivity index (χ2v) is 10.1. The van der Waals surface area contributed by atoms with Gasteiger partial charge in [-0.25, -0.2) is 0 Å². The lowest BCUT2D eigenvalue weighted by Gasteiger charge is -2.57. The predicted octanol–water partition coefficient (Wildman–Crippen LogP) is 6.63. The molecule has 4 bridgehead atoms. The predicted molar refractivity (Wildman–Crippen MR) is 115 cm³/mol. The maximum Gasteiger partial charge on any atom is 0.120 e. The van der Waals surface area contributed by atoms with Crippen molar-refractivity contribution in [1.29, 1.82) is 0 Å². The van der Waals surface area contributed by atoms with Crippen LogP contribution in [0.5, 0.6) is 5.75 Å². The summed E-state index contributed by atoms with van der Waals surface area (Å²) in [6.45, 7) is 1.37. The van der Waals surface area contributed by atoms with Crippen LogP contribution in [0.15, 0.2) is 42.5 Å². The fourth-order valence-corrected chi connectivity index (χ4v) is 6.62. The molecule has 0 heterocycles. The molecule has 4 aliphatic carbocycles. The van der Waals surface area contributed by atoms with Crippen LogP contribution in [0.25, 0.3) is 0 Å². The minimum atomic E-state index is 0.391. The van der Waals surface area contributed by atoms with E-state index in [-0.39, 0.29) is 0 Å². The van der Waals surface area contributed by atoms with Crippen molar-refractivity contribution in [3.05, 3.63) is 63.6 Å². The summed E-state index contributed by atoms with van der Waals surface area (Å²) in [6.07, 6.45) is 8.59. The van der Waals surface area contributed by atoms with Crippen LogP contribution in [-0.4, -0.2) is 5.54 Å². The van der Waals surface area contributed by atoms with Gasteiger partial charge in [-0.15, -0.1) is 0 Å². The molecule has 4 aliphatic rings. The van der Waals surface area contributed by atoms with Gasteiger partial charge in [0.25, 0.3) is 0 Å². The third kappa shape index (κ3) is 3.92. The van der Waals surface area contributed by atoms with E-state index in [1.54, 1.807) is 6.07 Å². The van der Waals surface area contributed by atoms with Crippen molar-refractivity contribution >= 4 is 23.2 Å². The molecule has 6 rings (SSSR count). The molecular weight excluding hydrogens is 389 g/mol. The maximum absolute atomic E-state index is 6.25. The topological polar surface area (TPSA) is 21.3 Å². The summed E-state index contributed by atoms with van der Waals surface area (Å²) in [5, 5.41) is 5.26. The molecule has 4 heteroatoms. The zero-order valence-corrected chi connectivity index (χ0v) is 17.6. The van der Waals surface area contributed by atoms with Crippen molar-refractivity contribution in [3.63, 3.8) is 0 Å². The molecule has 28 heavy (non-hydrogen) atoms. The van der Waals surface area contributed by atoms with Gasteiger partial charge in [-0.3, -0.25) is 0 Å². The van der Waals surface area contributed by atoms with Gasteiger partial charge in [0.05, 0.1) is 0 Å². The Labute approximate surface area is 177 Å². The first kappa shape index (κ1) is 18.8. The van der Waals surface area contributed by atoms with Gasteiger partial charge in [0.1, 0.15) is 12.4 Å². The summed E-state index contributed by atoms with van der Waals surface area (Å²) in [6, 6.07) is 14.0. The van der Waals surface area contributed by atoms with Crippen molar-refractivity contribution in [1.82, 2.24) is 5.32 Å². The van der Waals surface area contributed by atoms with Gasteiger partial charge >= 0.3 is 0 Å². The number of rotatable bonds is 6. The Hall–Kier alpha value is -1.22. The zero-order chi connectivity index (χ0) is 19.1. The standard InChI is InChI=1S/C24H27Cl2NO/c25-21-5-4-20(23(26)10-21)15-28-22-3-1-2-16(9-22)14-27-24-11-17-6-18(12-24)8-19(7-17)13-24/h1-5,9-10,17-19,27H,6-8,11-15H2. The van der Waals surface area contributed by atoms with Crippen LogP contribution in [0, 0.1) is 17.8 Å². The molecule has 1 N–H and O–H groups in total. The van der Waals surface area contributed by atoms with Crippen LogP contribution in [-0.2, 0) is 13.2 Å². The van der Waals surface area contributed by atoms with E-state index >= 15 is 0 Å². The lowest BCUT2D eigenvalue weighted by Crippen LogP contribution is -2.58. The minimum Gasteiger partial charge on any atom is -0.489 e. The molecule has 4 saturated carbocycles. The highest BCUT2D eigenvalue weighted by atomic mass is 35.5. The summed E-state index contributed by atoms with van der Waals surface area (Å²) in [5.74, 6) is 3.79. The molecule has 2 aromatic carbocycles. The molecule has 0 atom stereocenters. The highest BCUT2D eigenvalue weighted by Crippen LogP contribution is 2.55. The molecule has 0 amide bonds. The molecule has 4 fully saturated rings. The van der Waals surface area contributed by atoms with Crippen molar-refractivity contribution < 1.29 is 4.74 Å². The normalized spacial score (nSPS) is 30.6. The lowest BCUT2D eigenvalue weighted by molar-refractivity contribution is -0.0206. The highest BCUT2D eigenvalue weighted by molar-refractivity contribution is 6.35. The van der Waals surface area contributed by atoms with Crippen LogP contribution in [0.4, 0.5) is 0 Å². The fourth-order valence-electron chi connectivity index (χ4n) is 6.16. The number of ether oxygens (including phenoxy) is 1. The monoisotopic (exact) mass is 415 g/mol. The van der Waals surface area contributed by atoms with Crippen molar-refractivity contribution in [2.45, 2.75) is 57.2 Å². The van der Waals surface area contributed by atoms with Crippen LogP contribution >= 0.6 is 23.2 Å². The van der Waals surface area contributed by atoms with Gasteiger partial charge in [0.15, 0.2) is 0 Å². The Morgan fingerprint density at radius 3 is 2.32 bits per heavy atom. The molecule has 0 unspecified atom stereocenters. The van der Waals surface area contributed by atoms with Crippen LogP contribution in [0.3, 0.4) is 0 Å². The third-order valence-corrected chi connectivity index (χ3v) is 7.60. The number of halogens is 2. The van der Waals surface area contributed by atoms with E-state index in [9.17, 15) is 0 Å². The molecule has 0 saturated heterocycles. The van der Waals surface area contributed by atoms with Gasteiger partial charge in [-0.05, 0) is 86.1 Å². The Kier molecular flexibility index (Phi) is 5.07. The Morgan fingerprint density at radius 1 is 0.929 bits per heavy atom. The highest BCUT2D eigenvalue weighted by Gasteiger charge is 2.50. The second-order valence-electron chi connectivity index (χ2n) is 9.22. The number of hydrogen-bond donors (Lipinski definition) is 1. The van der Waals surface area contributed by atoms with E-state index in [1.807, 2.05) is 18.2 Å². The van der Waals surface area contributed by atoms with E-state index in [2.05, 4.69) is 23.5 Å². The number of benzene rings is 2. The molecule has 2 aromatic rings. The third-order valence-electron chi connectivity index (χ3n) is 7.01. The summed E-state index contributed by atoms with van der Waals surface area (Å²) in [4.78, 5) is 0. The van der Waals surface area contributed by atoms with Crippen molar-refractivity contribution in [2.24, 2.45) is 17.8 Å². The molecule has 0 spiro atoms. The van der Waals surface area contributed by atoms with E-state index in [1.165, 1.54) is 44.1 Å². The van der Waals surface area contributed by atoms with Gasteiger partial charge in [-0.1, -0.05) is 41.4 Å². The Morgan fingerprint density at radius 2 is 1.64 bits per heavy atom. The van der Waals surface area contributed by atoms with Gasteiger partial charge < -0.3 is 10.1 Å². The Bertz CT molecular complexity index is 830. The van der Waals surface area contributed by atoms with E-state index in [4.69, 9.17) is 27.9 Å². The molecular formula is C24H27Cl2NO. The second kappa shape index (κ2) is 7.55. The minimum absolute atomic E-state index is 0.391. The maximum atomic E-state index is 6.25. The fraction of sp³-hybridized carbons (Fsp3) is 0.500. The van der Waals surface area contributed by atoms with Crippen molar-refractivity contribution in [2.75, 3.05) is 0 Å². The number of hydrogen-bond acceptors (Lipinski definition) is 2. The molecule has 0 aromatic heterocycles. The smallest absolute Gasteiger partial charge is 0.120 e. The first-order valence-corrected chi connectivity index (χ1v) is 11.2. The van der Waals surface area contributed by atoms with E-state index in [0.717, 1.165) is 35.6 Å². The largest absolute Gasteiger partial charge is 0.489 e. The summed E-state index contributed by atoms with van der Waals surface area (Å²) >= 11 is 12.2. The van der Waals surface area contributed by atoms with Crippen LogP contribution < -0.4 is 10.1 Å². The van der Waals surface area contributed by atoms with Crippen LogP contribution in [0.2, 0.25) is 10.0 Å². The zero-order valence-electron chi connectivity index (χ0n) is 16.1. The number of nitrogens with one attached hydrogen (secondary N) is 1. The SMILES string of the molecule is Clc1ccc(COc2cccc(CNC34CC5CC(CC(C5)C3)C4)c2)c(Cl)c1. The van der Waals surface area contributed by atoms with Gasteiger partial charge in [-0.2, -0.15) is 0 Å². The quantitative estimate of drug-likeness (QED) is 0.571. The summed E-state index contributed by atoms with van der Waals surface area (Å²) in [7, 11) is 0. The molecule has 0 aliphatic heterocycles. The molecule has 0 radical (unpaired) electrons. The average Bonchev–Trinajstić information content (AvgIpc) is 2.65.